The fourth-order valence-electron chi connectivity index (χ4n) is 1.98. The van der Waals surface area contributed by atoms with Crippen LogP contribution in [0.25, 0.3) is 0 Å². The Balaban J connectivity index is 2.25. The molecular formula is C11H25N5. The molecule has 1 saturated heterocycles. The Bertz CT molecular complexity index is 220. The normalized spacial score (nSPS) is 22.1. The molecule has 5 nitrogen and oxygen atoms in total. The number of hydrogen-bond donors (Lipinski definition) is 2. The third-order valence-corrected chi connectivity index (χ3v) is 3.30. The molecule has 0 spiro atoms. The molecule has 0 amide bonds. The second-order valence-corrected chi connectivity index (χ2v) is 4.31. The lowest BCUT2D eigenvalue weighted by Gasteiger charge is -2.37. The summed E-state index contributed by atoms with van der Waals surface area (Å²) in [5.74, 6) is 0.527. The highest BCUT2D eigenvalue weighted by molar-refractivity contribution is 5.77. The molecule has 0 aromatic carbocycles. The molecular weight excluding hydrogens is 202 g/mol. The topological polar surface area (TPSA) is 56.9 Å². The number of aliphatic imine (C=N–C) groups is 1. The lowest BCUT2D eigenvalue weighted by atomic mass is 10.2. The summed E-state index contributed by atoms with van der Waals surface area (Å²) >= 11 is 0. The molecule has 0 aliphatic carbocycles. The first-order chi connectivity index (χ1) is 7.67. The molecule has 3 N–H and O–H groups in total. The summed E-state index contributed by atoms with van der Waals surface area (Å²) in [4.78, 5) is 8.87. The third-order valence-electron chi connectivity index (χ3n) is 3.30. The zero-order valence-corrected chi connectivity index (χ0v) is 10.7. The van der Waals surface area contributed by atoms with Gasteiger partial charge in [-0.1, -0.05) is 6.92 Å². The summed E-state index contributed by atoms with van der Waals surface area (Å²) in [6.07, 6.45) is 0. The summed E-state index contributed by atoms with van der Waals surface area (Å²) in [6.45, 7) is 11.2. The predicted octanol–water partition coefficient (Wildman–Crippen LogP) is -0.453. The summed E-state index contributed by atoms with van der Waals surface area (Å²) in [5, 5.41) is 3.13. The van der Waals surface area contributed by atoms with Gasteiger partial charge in [0, 0.05) is 45.8 Å². The summed E-state index contributed by atoms with van der Waals surface area (Å²) in [6, 6.07) is 0.513. The van der Waals surface area contributed by atoms with Gasteiger partial charge in [0.15, 0.2) is 5.96 Å². The van der Waals surface area contributed by atoms with Gasteiger partial charge in [-0.25, -0.2) is 0 Å². The van der Waals surface area contributed by atoms with Gasteiger partial charge in [-0.3, -0.25) is 9.89 Å². The van der Waals surface area contributed by atoms with Crippen LogP contribution in [0.3, 0.4) is 0 Å². The number of nitrogens with zero attached hydrogens (tertiary/aromatic N) is 3. The minimum absolute atomic E-state index is 0.513. The molecule has 5 heteroatoms. The molecule has 0 aromatic rings. The fourth-order valence-corrected chi connectivity index (χ4v) is 1.98. The molecule has 16 heavy (non-hydrogen) atoms. The Hall–Kier alpha value is -0.810. The molecule has 94 valence electrons. The summed E-state index contributed by atoms with van der Waals surface area (Å²) in [7, 11) is 1.70. The monoisotopic (exact) mass is 227 g/mol. The second kappa shape index (κ2) is 6.70. The van der Waals surface area contributed by atoms with Gasteiger partial charge in [0.2, 0.25) is 0 Å². The molecule has 1 aliphatic heterocycles. The van der Waals surface area contributed by atoms with Crippen LogP contribution in [0.15, 0.2) is 4.99 Å². The average Bonchev–Trinajstić information content (AvgIpc) is 2.35. The van der Waals surface area contributed by atoms with Crippen molar-refractivity contribution in [3.05, 3.63) is 0 Å². The van der Waals surface area contributed by atoms with Gasteiger partial charge in [-0.2, -0.15) is 0 Å². The Kier molecular flexibility index (Phi) is 5.55. The number of nitrogens with one attached hydrogen (secondary N) is 1. The maximum absolute atomic E-state index is 5.61. The van der Waals surface area contributed by atoms with Gasteiger partial charge < -0.3 is 16.0 Å². The van der Waals surface area contributed by atoms with Crippen LogP contribution in [0.2, 0.25) is 0 Å². The van der Waals surface area contributed by atoms with Gasteiger partial charge >= 0.3 is 0 Å². The highest BCUT2D eigenvalue weighted by atomic mass is 15.3. The maximum Gasteiger partial charge on any atom is 0.188 e. The molecule has 1 atom stereocenters. The maximum atomic E-state index is 5.61. The van der Waals surface area contributed by atoms with E-state index in [1.54, 1.807) is 7.05 Å². The Morgan fingerprint density at radius 2 is 2.00 bits per heavy atom. The second-order valence-electron chi connectivity index (χ2n) is 4.31. The third kappa shape index (κ3) is 3.98. The van der Waals surface area contributed by atoms with Crippen LogP contribution in [0.4, 0.5) is 0 Å². The zero-order chi connectivity index (χ0) is 12.0. The molecule has 1 rings (SSSR count). The molecule has 1 fully saturated rings. The van der Waals surface area contributed by atoms with Crippen molar-refractivity contribution in [2.75, 3.05) is 46.3 Å². The number of piperazine rings is 1. The first kappa shape index (κ1) is 13.3. The lowest BCUT2D eigenvalue weighted by molar-refractivity contribution is 0.107. The van der Waals surface area contributed by atoms with Gasteiger partial charge in [-0.15, -0.1) is 0 Å². The van der Waals surface area contributed by atoms with E-state index in [0.717, 1.165) is 26.2 Å². The van der Waals surface area contributed by atoms with E-state index in [2.05, 4.69) is 34.0 Å². The molecule has 1 heterocycles. The first-order valence-electron chi connectivity index (χ1n) is 6.10. The van der Waals surface area contributed by atoms with Crippen LogP contribution >= 0.6 is 0 Å². The smallest absolute Gasteiger partial charge is 0.188 e. The van der Waals surface area contributed by atoms with Crippen molar-refractivity contribution in [1.29, 1.82) is 0 Å². The van der Waals surface area contributed by atoms with Crippen molar-refractivity contribution >= 4 is 5.96 Å². The fraction of sp³-hybridized carbons (Fsp3) is 0.909. The highest BCUT2D eigenvalue weighted by Gasteiger charge is 2.19. The number of nitrogens with two attached hydrogens (primary N) is 1. The SMILES string of the molecule is CCN1CCN([C@@H](C)CNC(N)=NC)CC1. The predicted molar refractivity (Wildman–Crippen MR) is 68.7 cm³/mol. The minimum Gasteiger partial charge on any atom is -0.370 e. The molecule has 1 aliphatic rings. The van der Waals surface area contributed by atoms with Crippen LogP contribution in [0, 0.1) is 0 Å². The number of hydrogen-bond acceptors (Lipinski definition) is 3. The van der Waals surface area contributed by atoms with E-state index in [1.807, 2.05) is 0 Å². The van der Waals surface area contributed by atoms with E-state index >= 15 is 0 Å². The van der Waals surface area contributed by atoms with E-state index in [-0.39, 0.29) is 0 Å². The Morgan fingerprint density at radius 1 is 1.38 bits per heavy atom. The van der Waals surface area contributed by atoms with Crippen LogP contribution < -0.4 is 11.1 Å². The van der Waals surface area contributed by atoms with Crippen LogP contribution in [-0.4, -0.2) is 68.1 Å². The molecule has 0 bridgehead atoms. The largest absolute Gasteiger partial charge is 0.370 e. The highest BCUT2D eigenvalue weighted by Crippen LogP contribution is 2.05. The van der Waals surface area contributed by atoms with E-state index in [4.69, 9.17) is 5.73 Å². The van der Waals surface area contributed by atoms with Gasteiger partial charge in [0.05, 0.1) is 0 Å². The molecule has 0 unspecified atom stereocenters. The van der Waals surface area contributed by atoms with E-state index < -0.39 is 0 Å². The average molecular weight is 227 g/mol. The van der Waals surface area contributed by atoms with Crippen LogP contribution in [0.1, 0.15) is 13.8 Å². The van der Waals surface area contributed by atoms with Gasteiger partial charge in [0.25, 0.3) is 0 Å². The van der Waals surface area contributed by atoms with Gasteiger partial charge in [-0.05, 0) is 13.5 Å². The number of rotatable bonds is 4. The van der Waals surface area contributed by atoms with E-state index in [0.29, 0.717) is 12.0 Å². The Morgan fingerprint density at radius 3 is 2.50 bits per heavy atom. The molecule has 0 saturated carbocycles. The van der Waals surface area contributed by atoms with Crippen molar-refractivity contribution in [3.8, 4) is 0 Å². The zero-order valence-electron chi connectivity index (χ0n) is 10.7. The van der Waals surface area contributed by atoms with Crippen molar-refractivity contribution in [1.82, 2.24) is 15.1 Å². The van der Waals surface area contributed by atoms with Gasteiger partial charge in [0.1, 0.15) is 0 Å². The van der Waals surface area contributed by atoms with Crippen molar-refractivity contribution in [2.45, 2.75) is 19.9 Å². The number of likely N-dealkylation sites (N-methyl/N-ethyl adjacent to an activating group) is 1. The lowest BCUT2D eigenvalue weighted by Crippen LogP contribution is -2.52. The first-order valence-corrected chi connectivity index (χ1v) is 6.10. The summed E-state index contributed by atoms with van der Waals surface area (Å²) in [5.41, 5.74) is 5.61. The summed E-state index contributed by atoms with van der Waals surface area (Å²) < 4.78 is 0. The van der Waals surface area contributed by atoms with Crippen LogP contribution in [0.5, 0.6) is 0 Å². The van der Waals surface area contributed by atoms with E-state index in [9.17, 15) is 0 Å². The molecule has 0 aromatic heterocycles. The standard InChI is InChI=1S/C11H25N5/c1-4-15-5-7-16(8-6-15)10(2)9-14-11(12)13-3/h10H,4-9H2,1-3H3,(H3,12,13,14)/t10-/m0/s1. The van der Waals surface area contributed by atoms with Crippen LogP contribution in [-0.2, 0) is 0 Å². The van der Waals surface area contributed by atoms with Crippen molar-refractivity contribution in [2.24, 2.45) is 10.7 Å². The van der Waals surface area contributed by atoms with E-state index in [1.165, 1.54) is 13.1 Å². The van der Waals surface area contributed by atoms with Crippen molar-refractivity contribution < 1.29 is 0 Å². The number of guanidine groups is 1. The quantitative estimate of drug-likeness (QED) is 0.504. The Labute approximate surface area is 98.7 Å². The minimum atomic E-state index is 0.513. The molecule has 0 radical (unpaired) electrons. The van der Waals surface area contributed by atoms with Crippen molar-refractivity contribution in [3.63, 3.8) is 0 Å².